The maximum atomic E-state index is 13.1. The Balaban J connectivity index is 0.000001000. The van der Waals surface area contributed by atoms with E-state index in [1.165, 1.54) is 0 Å². The molecule has 2 N–H and O–H groups in total. The van der Waals surface area contributed by atoms with Gasteiger partial charge < -0.3 is 5.73 Å². The Morgan fingerprint density at radius 2 is 2.18 bits per heavy atom. The smallest absolute Gasteiger partial charge is 0.130 e. The molecule has 0 aliphatic heterocycles. The van der Waals surface area contributed by atoms with Crippen LogP contribution in [0.15, 0.2) is 4.99 Å². The first-order chi connectivity index (χ1) is 4.62. The predicted octanol–water partition coefficient (Wildman–Crippen LogP) is 1.87. The second kappa shape index (κ2) is 4.23. The van der Waals surface area contributed by atoms with Crippen molar-refractivity contribution in [3.05, 3.63) is 0 Å². The molecule has 0 aromatic heterocycles. The molecule has 1 rings (SSSR count). The molecule has 1 saturated carbocycles. The number of hydrogen-bond donors (Lipinski definition) is 1. The van der Waals surface area contributed by atoms with Gasteiger partial charge in [-0.25, -0.2) is 4.39 Å². The summed E-state index contributed by atoms with van der Waals surface area (Å²) in [5.74, 6) is 0.476. The lowest BCUT2D eigenvalue weighted by atomic mass is 9.82. The standard InChI is InChI=1S/C7H13FN2.HI/c1-6(9)10-5-7(8)3-2-4-7;/h2-5H2,1H3,(H2,9,10);1H. The molecule has 0 unspecified atom stereocenters. The van der Waals surface area contributed by atoms with E-state index in [0.717, 1.165) is 6.42 Å². The third-order valence-electron chi connectivity index (χ3n) is 1.86. The molecule has 1 aliphatic rings. The van der Waals surface area contributed by atoms with Crippen molar-refractivity contribution in [3.8, 4) is 0 Å². The van der Waals surface area contributed by atoms with Crippen molar-refractivity contribution in [2.45, 2.75) is 31.9 Å². The summed E-state index contributed by atoms with van der Waals surface area (Å²) in [6.07, 6.45) is 2.31. The third-order valence-corrected chi connectivity index (χ3v) is 1.86. The summed E-state index contributed by atoms with van der Waals surface area (Å²) in [7, 11) is 0. The molecule has 0 bridgehead atoms. The van der Waals surface area contributed by atoms with Crippen molar-refractivity contribution < 1.29 is 4.39 Å². The maximum absolute atomic E-state index is 13.1. The Morgan fingerprint density at radius 1 is 1.64 bits per heavy atom. The first-order valence-corrected chi connectivity index (χ1v) is 3.58. The van der Waals surface area contributed by atoms with Gasteiger partial charge in [-0.15, -0.1) is 24.0 Å². The van der Waals surface area contributed by atoms with Gasteiger partial charge in [-0.05, 0) is 26.2 Å². The molecule has 0 aromatic rings. The van der Waals surface area contributed by atoms with Gasteiger partial charge in [-0.1, -0.05) is 0 Å². The zero-order valence-electron chi connectivity index (χ0n) is 6.64. The summed E-state index contributed by atoms with van der Waals surface area (Å²) in [6, 6.07) is 0. The van der Waals surface area contributed by atoms with Crippen LogP contribution in [0.3, 0.4) is 0 Å². The van der Waals surface area contributed by atoms with Crippen LogP contribution in [-0.2, 0) is 0 Å². The molecule has 11 heavy (non-hydrogen) atoms. The normalized spacial score (nSPS) is 21.8. The first kappa shape index (κ1) is 11.1. The van der Waals surface area contributed by atoms with Gasteiger partial charge in [0, 0.05) is 0 Å². The molecule has 0 radical (unpaired) electrons. The van der Waals surface area contributed by atoms with E-state index < -0.39 is 5.67 Å². The van der Waals surface area contributed by atoms with Crippen LogP contribution in [0.4, 0.5) is 4.39 Å². The van der Waals surface area contributed by atoms with Crippen LogP contribution in [0.2, 0.25) is 0 Å². The SMILES string of the molecule is CC(N)=NCC1(F)CCC1.I. The Hall–Kier alpha value is 0.130. The van der Waals surface area contributed by atoms with Gasteiger partial charge in [0.15, 0.2) is 0 Å². The van der Waals surface area contributed by atoms with E-state index in [-0.39, 0.29) is 30.5 Å². The molecule has 0 heterocycles. The highest BCUT2D eigenvalue weighted by molar-refractivity contribution is 14.0. The van der Waals surface area contributed by atoms with Crippen molar-refractivity contribution in [2.24, 2.45) is 10.7 Å². The molecule has 1 aliphatic carbocycles. The molecule has 0 atom stereocenters. The van der Waals surface area contributed by atoms with Crippen LogP contribution >= 0.6 is 24.0 Å². The van der Waals surface area contributed by atoms with E-state index in [0.29, 0.717) is 18.7 Å². The molecule has 0 spiro atoms. The van der Waals surface area contributed by atoms with Gasteiger partial charge in [-0.3, -0.25) is 4.99 Å². The Kier molecular flexibility index (Phi) is 4.28. The van der Waals surface area contributed by atoms with Gasteiger partial charge in [-0.2, -0.15) is 0 Å². The largest absolute Gasteiger partial charge is 0.388 e. The minimum Gasteiger partial charge on any atom is -0.388 e. The zero-order valence-corrected chi connectivity index (χ0v) is 8.97. The lowest BCUT2D eigenvalue weighted by Crippen LogP contribution is -2.35. The second-order valence-electron chi connectivity index (χ2n) is 2.96. The summed E-state index contributed by atoms with van der Waals surface area (Å²) < 4.78 is 13.1. The predicted molar refractivity (Wildman–Crippen MR) is 55.3 cm³/mol. The minimum atomic E-state index is -1.01. The number of nitrogens with zero attached hydrogens (tertiary/aromatic N) is 1. The van der Waals surface area contributed by atoms with Crippen molar-refractivity contribution in [2.75, 3.05) is 6.54 Å². The van der Waals surface area contributed by atoms with E-state index in [2.05, 4.69) is 4.99 Å². The molecule has 0 amide bonds. The van der Waals surface area contributed by atoms with Crippen LogP contribution in [-0.4, -0.2) is 18.0 Å². The van der Waals surface area contributed by atoms with E-state index in [9.17, 15) is 4.39 Å². The molecule has 1 fully saturated rings. The Bertz CT molecular complexity index is 151. The number of hydrogen-bond acceptors (Lipinski definition) is 1. The number of amidine groups is 1. The third kappa shape index (κ3) is 3.35. The fourth-order valence-electron chi connectivity index (χ4n) is 0.985. The molecule has 2 nitrogen and oxygen atoms in total. The average Bonchev–Trinajstić information content (AvgIpc) is 1.79. The van der Waals surface area contributed by atoms with E-state index in [4.69, 9.17) is 5.73 Å². The Labute approximate surface area is 83.5 Å². The number of nitrogens with two attached hydrogens (primary N) is 1. The topological polar surface area (TPSA) is 38.4 Å². The number of aliphatic imine (C=N–C) groups is 1. The highest BCUT2D eigenvalue weighted by atomic mass is 127. The Morgan fingerprint density at radius 3 is 2.45 bits per heavy atom. The number of alkyl halides is 1. The maximum Gasteiger partial charge on any atom is 0.130 e. The summed E-state index contributed by atoms with van der Waals surface area (Å²) in [5, 5.41) is 0. The van der Waals surface area contributed by atoms with Gasteiger partial charge >= 0.3 is 0 Å². The van der Waals surface area contributed by atoms with E-state index >= 15 is 0 Å². The summed E-state index contributed by atoms with van der Waals surface area (Å²) >= 11 is 0. The van der Waals surface area contributed by atoms with E-state index in [1.54, 1.807) is 6.92 Å². The molecule has 0 aromatic carbocycles. The van der Waals surface area contributed by atoms with Crippen LogP contribution in [0, 0.1) is 0 Å². The molecular weight excluding hydrogens is 258 g/mol. The lowest BCUT2D eigenvalue weighted by Gasteiger charge is -2.31. The zero-order chi connectivity index (χ0) is 7.61. The van der Waals surface area contributed by atoms with Crippen LogP contribution in [0.25, 0.3) is 0 Å². The number of halogens is 2. The van der Waals surface area contributed by atoms with Crippen LogP contribution in [0.1, 0.15) is 26.2 Å². The van der Waals surface area contributed by atoms with Crippen molar-refractivity contribution >= 4 is 29.8 Å². The van der Waals surface area contributed by atoms with Gasteiger partial charge in [0.2, 0.25) is 0 Å². The van der Waals surface area contributed by atoms with Crippen molar-refractivity contribution in [1.29, 1.82) is 0 Å². The molecular formula is C7H14FIN2. The lowest BCUT2D eigenvalue weighted by molar-refractivity contribution is 0.0741. The summed E-state index contributed by atoms with van der Waals surface area (Å²) in [6.45, 7) is 1.94. The summed E-state index contributed by atoms with van der Waals surface area (Å²) in [5.41, 5.74) is 4.25. The highest BCUT2D eigenvalue weighted by Crippen LogP contribution is 2.35. The van der Waals surface area contributed by atoms with Gasteiger partial charge in [0.25, 0.3) is 0 Å². The van der Waals surface area contributed by atoms with Crippen LogP contribution in [0.5, 0.6) is 0 Å². The van der Waals surface area contributed by atoms with Crippen molar-refractivity contribution in [3.63, 3.8) is 0 Å². The first-order valence-electron chi connectivity index (χ1n) is 3.58. The van der Waals surface area contributed by atoms with Gasteiger partial charge in [0.05, 0.1) is 12.4 Å². The fourth-order valence-corrected chi connectivity index (χ4v) is 0.985. The quantitative estimate of drug-likeness (QED) is 0.465. The fraction of sp³-hybridized carbons (Fsp3) is 0.857. The second-order valence-corrected chi connectivity index (χ2v) is 2.96. The van der Waals surface area contributed by atoms with Crippen LogP contribution < -0.4 is 5.73 Å². The minimum absolute atomic E-state index is 0. The van der Waals surface area contributed by atoms with Gasteiger partial charge in [0.1, 0.15) is 5.67 Å². The van der Waals surface area contributed by atoms with E-state index in [1.807, 2.05) is 0 Å². The molecule has 66 valence electrons. The average molecular weight is 272 g/mol. The summed E-state index contributed by atoms with van der Waals surface area (Å²) in [4.78, 5) is 3.84. The molecule has 0 saturated heterocycles. The monoisotopic (exact) mass is 272 g/mol. The van der Waals surface area contributed by atoms with Crippen molar-refractivity contribution in [1.82, 2.24) is 0 Å². The molecule has 4 heteroatoms. The number of rotatable bonds is 2. The highest BCUT2D eigenvalue weighted by Gasteiger charge is 2.36.